The first-order chi connectivity index (χ1) is 15.5. The lowest BCUT2D eigenvalue weighted by atomic mass is 10.0. The third-order valence-electron chi connectivity index (χ3n) is 4.64. The van der Waals surface area contributed by atoms with E-state index in [0.717, 1.165) is 10.5 Å². The lowest BCUT2D eigenvalue weighted by Gasteiger charge is -2.31. The second-order valence-corrected chi connectivity index (χ2v) is 8.43. The predicted molar refractivity (Wildman–Crippen MR) is 124 cm³/mol. The average molecular weight is 458 g/mol. The number of nitrogens with zero attached hydrogens (tertiary/aromatic N) is 1. The van der Waals surface area contributed by atoms with E-state index in [4.69, 9.17) is 4.74 Å². The number of aliphatic hydroxyl groups excluding tert-OH is 1. The van der Waals surface area contributed by atoms with Gasteiger partial charge >= 0.3 is 6.09 Å². The van der Waals surface area contributed by atoms with Gasteiger partial charge in [0, 0.05) is 17.8 Å². The number of aromatic hydroxyl groups is 1. The smallest absolute Gasteiger partial charge is 0.408 e. The van der Waals surface area contributed by atoms with E-state index in [1.165, 1.54) is 12.1 Å². The molecule has 1 unspecified atom stereocenters. The Hall–Kier alpha value is -3.59. The molecule has 4 N–H and O–H groups in total. The Morgan fingerprint density at radius 2 is 1.70 bits per heavy atom. The zero-order valence-electron chi connectivity index (χ0n) is 19.3. The van der Waals surface area contributed by atoms with E-state index in [0.29, 0.717) is 5.69 Å². The second-order valence-electron chi connectivity index (χ2n) is 8.43. The number of carbonyl (C=O) groups excluding carboxylic acids is 3. The molecule has 3 amide bonds. The molecule has 0 aromatic heterocycles. The third kappa shape index (κ3) is 7.50. The number of hydrogen-bond donors (Lipinski definition) is 4. The van der Waals surface area contributed by atoms with Crippen molar-refractivity contribution in [3.63, 3.8) is 0 Å². The number of amides is 3. The minimum absolute atomic E-state index is 0.182. The molecule has 0 spiro atoms. The molecule has 9 heteroatoms. The van der Waals surface area contributed by atoms with Gasteiger partial charge in [-0.3, -0.25) is 9.59 Å². The standard InChI is InChI=1S/C24H31N3O6/c1-16-9-5-7-11-18(16)26-22(31)21(17-10-6-8-12-19(17)29)27(13-14-28)20(30)15-25-23(32)33-24(2,3)4/h5-12,21,28-29H,13-15H2,1-4H3,(H,25,32)(H,26,31). The Kier molecular flexibility index (Phi) is 8.81. The number of ether oxygens (including phenoxy) is 1. The number of rotatable bonds is 8. The van der Waals surface area contributed by atoms with Gasteiger partial charge in [0.15, 0.2) is 0 Å². The molecule has 0 aliphatic rings. The number of phenols is 1. The van der Waals surface area contributed by atoms with Crippen LogP contribution in [0.15, 0.2) is 48.5 Å². The van der Waals surface area contributed by atoms with Gasteiger partial charge in [-0.25, -0.2) is 4.79 Å². The molecular weight excluding hydrogens is 426 g/mol. The number of benzene rings is 2. The summed E-state index contributed by atoms with van der Waals surface area (Å²) in [6.45, 7) is 5.81. The number of hydrogen-bond acceptors (Lipinski definition) is 6. The van der Waals surface area contributed by atoms with Gasteiger partial charge < -0.3 is 30.5 Å². The van der Waals surface area contributed by atoms with Crippen molar-refractivity contribution in [1.82, 2.24) is 10.2 Å². The van der Waals surface area contributed by atoms with E-state index in [9.17, 15) is 24.6 Å². The van der Waals surface area contributed by atoms with E-state index in [-0.39, 0.29) is 17.9 Å². The number of alkyl carbamates (subject to hydrolysis) is 1. The SMILES string of the molecule is Cc1ccccc1NC(=O)C(c1ccccc1O)N(CCO)C(=O)CNC(=O)OC(C)(C)C. The molecule has 2 aromatic carbocycles. The summed E-state index contributed by atoms with van der Waals surface area (Å²) in [4.78, 5) is 39.5. The minimum atomic E-state index is -1.26. The zero-order chi connectivity index (χ0) is 24.6. The number of anilines is 1. The molecule has 0 saturated heterocycles. The number of nitrogens with one attached hydrogen (secondary N) is 2. The Morgan fingerprint density at radius 3 is 2.30 bits per heavy atom. The highest BCUT2D eigenvalue weighted by molar-refractivity contribution is 5.99. The van der Waals surface area contributed by atoms with E-state index in [1.54, 1.807) is 45.0 Å². The minimum Gasteiger partial charge on any atom is -0.508 e. The van der Waals surface area contributed by atoms with Gasteiger partial charge in [0.1, 0.15) is 23.9 Å². The van der Waals surface area contributed by atoms with Crippen molar-refractivity contribution in [2.75, 3.05) is 25.0 Å². The molecule has 0 radical (unpaired) electrons. The largest absolute Gasteiger partial charge is 0.508 e. The average Bonchev–Trinajstić information content (AvgIpc) is 2.73. The topological polar surface area (TPSA) is 128 Å². The molecule has 0 fully saturated rings. The molecule has 1 atom stereocenters. The second kappa shape index (κ2) is 11.3. The summed E-state index contributed by atoms with van der Waals surface area (Å²) in [7, 11) is 0. The van der Waals surface area contributed by atoms with Crippen molar-refractivity contribution in [2.24, 2.45) is 0 Å². The van der Waals surface area contributed by atoms with Crippen LogP contribution in [0.2, 0.25) is 0 Å². The summed E-state index contributed by atoms with van der Waals surface area (Å²) in [5.41, 5.74) is 0.798. The highest BCUT2D eigenvalue weighted by Gasteiger charge is 2.33. The van der Waals surface area contributed by atoms with Gasteiger partial charge in [-0.1, -0.05) is 36.4 Å². The molecule has 0 saturated carbocycles. The number of aliphatic hydroxyl groups is 1. The van der Waals surface area contributed by atoms with Crippen LogP contribution in [0, 0.1) is 6.92 Å². The Balaban J connectivity index is 2.34. The lowest BCUT2D eigenvalue weighted by Crippen LogP contribution is -2.47. The Bertz CT molecular complexity index is 986. The number of phenolic OH excluding ortho intramolecular Hbond substituents is 1. The summed E-state index contributed by atoms with van der Waals surface area (Å²) in [6.07, 6.45) is -0.789. The van der Waals surface area contributed by atoms with Crippen molar-refractivity contribution in [1.29, 1.82) is 0 Å². The fourth-order valence-electron chi connectivity index (χ4n) is 3.15. The highest BCUT2D eigenvalue weighted by atomic mass is 16.6. The molecule has 0 bridgehead atoms. The normalized spacial score (nSPS) is 11.9. The lowest BCUT2D eigenvalue weighted by molar-refractivity contribution is -0.138. The van der Waals surface area contributed by atoms with E-state index >= 15 is 0 Å². The van der Waals surface area contributed by atoms with Crippen LogP contribution in [0.4, 0.5) is 10.5 Å². The molecule has 2 rings (SSSR count). The maximum absolute atomic E-state index is 13.4. The monoisotopic (exact) mass is 457 g/mol. The van der Waals surface area contributed by atoms with E-state index < -0.39 is 42.7 Å². The van der Waals surface area contributed by atoms with Crippen LogP contribution < -0.4 is 10.6 Å². The summed E-state index contributed by atoms with van der Waals surface area (Å²) < 4.78 is 5.14. The molecule has 33 heavy (non-hydrogen) atoms. The first-order valence-electron chi connectivity index (χ1n) is 10.5. The first-order valence-corrected chi connectivity index (χ1v) is 10.5. The number of aryl methyl sites for hydroxylation is 1. The maximum Gasteiger partial charge on any atom is 0.408 e. The Morgan fingerprint density at radius 1 is 1.06 bits per heavy atom. The van der Waals surface area contributed by atoms with Crippen molar-refractivity contribution < 1.29 is 29.3 Å². The Labute approximate surface area is 193 Å². The van der Waals surface area contributed by atoms with Gasteiger partial charge in [0.25, 0.3) is 5.91 Å². The van der Waals surface area contributed by atoms with Gasteiger partial charge in [0.05, 0.1) is 6.61 Å². The summed E-state index contributed by atoms with van der Waals surface area (Å²) in [5, 5.41) is 25.2. The van der Waals surface area contributed by atoms with Crippen LogP contribution >= 0.6 is 0 Å². The van der Waals surface area contributed by atoms with Crippen molar-refractivity contribution in [3.8, 4) is 5.75 Å². The van der Waals surface area contributed by atoms with Gasteiger partial charge in [-0.15, -0.1) is 0 Å². The molecule has 2 aromatic rings. The molecule has 178 valence electrons. The third-order valence-corrected chi connectivity index (χ3v) is 4.64. The van der Waals surface area contributed by atoms with Crippen LogP contribution in [-0.4, -0.2) is 58.3 Å². The van der Waals surface area contributed by atoms with Crippen LogP contribution in [0.1, 0.15) is 37.9 Å². The number of carbonyl (C=O) groups is 3. The quantitative estimate of drug-likeness (QED) is 0.483. The van der Waals surface area contributed by atoms with Crippen molar-refractivity contribution >= 4 is 23.6 Å². The molecule has 9 nitrogen and oxygen atoms in total. The van der Waals surface area contributed by atoms with Crippen LogP contribution in [0.3, 0.4) is 0 Å². The van der Waals surface area contributed by atoms with Gasteiger partial charge in [0.2, 0.25) is 5.91 Å². The zero-order valence-corrected chi connectivity index (χ0v) is 19.3. The molecular formula is C24H31N3O6. The number of para-hydroxylation sites is 2. The van der Waals surface area contributed by atoms with Crippen molar-refractivity contribution in [3.05, 3.63) is 59.7 Å². The fourth-order valence-corrected chi connectivity index (χ4v) is 3.15. The van der Waals surface area contributed by atoms with Crippen molar-refractivity contribution in [2.45, 2.75) is 39.3 Å². The molecule has 0 aliphatic heterocycles. The van der Waals surface area contributed by atoms with Crippen LogP contribution in [0.25, 0.3) is 0 Å². The van der Waals surface area contributed by atoms with Crippen LogP contribution in [0.5, 0.6) is 5.75 Å². The molecule has 0 aliphatic carbocycles. The fraction of sp³-hybridized carbons (Fsp3) is 0.375. The molecule has 0 heterocycles. The highest BCUT2D eigenvalue weighted by Crippen LogP contribution is 2.30. The van der Waals surface area contributed by atoms with Crippen LogP contribution in [-0.2, 0) is 14.3 Å². The van der Waals surface area contributed by atoms with Gasteiger partial charge in [-0.2, -0.15) is 0 Å². The van der Waals surface area contributed by atoms with E-state index in [2.05, 4.69) is 10.6 Å². The maximum atomic E-state index is 13.4. The van der Waals surface area contributed by atoms with Gasteiger partial charge in [-0.05, 0) is 45.4 Å². The summed E-state index contributed by atoms with van der Waals surface area (Å²) in [6, 6.07) is 12.0. The first kappa shape index (κ1) is 25.7. The summed E-state index contributed by atoms with van der Waals surface area (Å²) in [5.74, 6) is -1.40. The predicted octanol–water partition coefficient (Wildman–Crippen LogP) is 2.73. The summed E-state index contributed by atoms with van der Waals surface area (Å²) >= 11 is 0. The van der Waals surface area contributed by atoms with E-state index in [1.807, 2.05) is 19.1 Å².